The van der Waals surface area contributed by atoms with Crippen LogP contribution in [0.2, 0.25) is 0 Å². The standard InChI is InChI=1S/C36H45N5O2S/c1-25-13-14-27(21-26(25)2)23-37-39-35(43)33-31-11-4-5-12-32(31)44-36(33)38-34(42)29-10-8-9-28(22-29)24-40-19-15-30(16-20-40)41-17-6-3-7-18-41/h8-10,13-14,21-23,30H,3-7,11-12,15-20,24H2,1-2H3,(H,38,42)(H,39,43)/b37-23+. The van der Waals surface area contributed by atoms with Crippen molar-refractivity contribution in [2.24, 2.45) is 5.10 Å². The van der Waals surface area contributed by atoms with Gasteiger partial charge < -0.3 is 10.2 Å². The summed E-state index contributed by atoms with van der Waals surface area (Å²) < 4.78 is 0. The van der Waals surface area contributed by atoms with E-state index < -0.39 is 0 Å². The van der Waals surface area contributed by atoms with Gasteiger partial charge >= 0.3 is 0 Å². The summed E-state index contributed by atoms with van der Waals surface area (Å²) >= 11 is 1.53. The Balaban J connectivity index is 1.11. The van der Waals surface area contributed by atoms with Crippen molar-refractivity contribution in [1.82, 2.24) is 15.2 Å². The van der Waals surface area contributed by atoms with Crippen LogP contribution in [0.25, 0.3) is 0 Å². The fourth-order valence-electron chi connectivity index (χ4n) is 6.93. The first-order valence-corrected chi connectivity index (χ1v) is 17.2. The fraction of sp³-hybridized carbons (Fsp3) is 0.472. The fourth-order valence-corrected chi connectivity index (χ4v) is 8.21. The number of carbonyl (C=O) groups excluding carboxylic acids is 2. The molecule has 6 rings (SSSR count). The third-order valence-corrected chi connectivity index (χ3v) is 10.8. The highest BCUT2D eigenvalue weighted by Gasteiger charge is 2.28. The SMILES string of the molecule is Cc1ccc(/C=N/NC(=O)c2c(NC(=O)c3cccc(CN4CCC(N5CCCCC5)CC4)c3)sc3c2CCCC3)cc1C. The lowest BCUT2D eigenvalue weighted by atomic mass is 9.95. The monoisotopic (exact) mass is 611 g/mol. The number of anilines is 1. The molecule has 8 heteroatoms. The van der Waals surface area contributed by atoms with E-state index in [1.54, 1.807) is 6.21 Å². The number of carbonyl (C=O) groups is 2. The largest absolute Gasteiger partial charge is 0.313 e. The van der Waals surface area contributed by atoms with Crippen molar-refractivity contribution in [1.29, 1.82) is 0 Å². The summed E-state index contributed by atoms with van der Waals surface area (Å²) in [6, 6.07) is 14.8. The Labute approximate surface area is 265 Å². The van der Waals surface area contributed by atoms with E-state index in [4.69, 9.17) is 0 Å². The number of hydrogen-bond acceptors (Lipinski definition) is 6. The van der Waals surface area contributed by atoms with Gasteiger partial charge in [-0.15, -0.1) is 11.3 Å². The average Bonchev–Trinajstić information content (AvgIpc) is 3.41. The molecule has 2 aromatic carbocycles. The number of thiophene rings is 1. The molecule has 3 aromatic rings. The van der Waals surface area contributed by atoms with Crippen molar-refractivity contribution in [3.05, 3.63) is 86.3 Å². The van der Waals surface area contributed by atoms with Gasteiger partial charge in [-0.1, -0.05) is 36.8 Å². The molecule has 3 aliphatic rings. The van der Waals surface area contributed by atoms with Crippen molar-refractivity contribution in [3.8, 4) is 0 Å². The molecule has 0 spiro atoms. The van der Waals surface area contributed by atoms with Crippen LogP contribution < -0.4 is 10.7 Å². The van der Waals surface area contributed by atoms with Crippen LogP contribution in [-0.2, 0) is 19.4 Å². The van der Waals surface area contributed by atoms with E-state index in [0.29, 0.717) is 16.1 Å². The highest BCUT2D eigenvalue weighted by Crippen LogP contribution is 2.38. The molecule has 1 aliphatic carbocycles. The van der Waals surface area contributed by atoms with Crippen LogP contribution in [0.5, 0.6) is 0 Å². The second-order valence-electron chi connectivity index (χ2n) is 12.7. The van der Waals surface area contributed by atoms with E-state index in [1.807, 2.05) is 24.3 Å². The first kappa shape index (κ1) is 30.7. The number of hydrazone groups is 1. The lowest BCUT2D eigenvalue weighted by molar-refractivity contribution is 0.0896. The minimum Gasteiger partial charge on any atom is -0.313 e. The first-order valence-electron chi connectivity index (χ1n) is 16.4. The molecule has 44 heavy (non-hydrogen) atoms. The maximum absolute atomic E-state index is 13.5. The Bertz CT molecular complexity index is 1510. The predicted molar refractivity (Wildman–Crippen MR) is 180 cm³/mol. The second kappa shape index (κ2) is 14.2. The number of amides is 2. The maximum Gasteiger partial charge on any atom is 0.274 e. The topological polar surface area (TPSA) is 77.0 Å². The van der Waals surface area contributed by atoms with E-state index >= 15 is 0 Å². The van der Waals surface area contributed by atoms with Crippen LogP contribution in [0.1, 0.15) is 98.4 Å². The molecular formula is C36H45N5O2S. The zero-order chi connectivity index (χ0) is 30.5. The Morgan fingerprint density at radius 1 is 0.909 bits per heavy atom. The van der Waals surface area contributed by atoms with Crippen molar-refractivity contribution < 1.29 is 9.59 Å². The zero-order valence-corrected chi connectivity index (χ0v) is 27.0. The Hall–Kier alpha value is -3.33. The molecule has 0 saturated carbocycles. The third kappa shape index (κ3) is 7.31. The van der Waals surface area contributed by atoms with E-state index in [-0.39, 0.29) is 11.8 Å². The van der Waals surface area contributed by atoms with Gasteiger partial charge in [0, 0.05) is 23.0 Å². The molecule has 2 amide bonds. The molecule has 2 aliphatic heterocycles. The van der Waals surface area contributed by atoms with Crippen molar-refractivity contribution in [2.45, 2.75) is 84.2 Å². The van der Waals surface area contributed by atoms with Gasteiger partial charge in [0.1, 0.15) is 5.00 Å². The summed E-state index contributed by atoms with van der Waals surface area (Å²) in [6.07, 6.45) is 12.1. The molecule has 2 N–H and O–H groups in total. The van der Waals surface area contributed by atoms with Crippen LogP contribution in [0.15, 0.2) is 47.6 Å². The second-order valence-corrected chi connectivity index (χ2v) is 13.8. The predicted octanol–water partition coefficient (Wildman–Crippen LogP) is 6.71. The number of nitrogens with zero attached hydrogens (tertiary/aromatic N) is 3. The first-order chi connectivity index (χ1) is 21.4. The van der Waals surface area contributed by atoms with Gasteiger partial charge in [0.2, 0.25) is 0 Å². The number of benzene rings is 2. The van der Waals surface area contributed by atoms with Gasteiger partial charge in [-0.25, -0.2) is 5.43 Å². The van der Waals surface area contributed by atoms with Crippen LogP contribution in [0.4, 0.5) is 5.00 Å². The lowest BCUT2D eigenvalue weighted by Gasteiger charge is -2.40. The number of hydrogen-bond donors (Lipinski definition) is 2. The maximum atomic E-state index is 13.5. The van der Waals surface area contributed by atoms with Gasteiger partial charge in [-0.2, -0.15) is 5.10 Å². The molecule has 0 radical (unpaired) electrons. The smallest absolute Gasteiger partial charge is 0.274 e. The zero-order valence-electron chi connectivity index (χ0n) is 26.2. The van der Waals surface area contributed by atoms with Gasteiger partial charge in [-0.05, 0) is 131 Å². The molecule has 2 fully saturated rings. The molecule has 7 nitrogen and oxygen atoms in total. The molecule has 0 unspecified atom stereocenters. The summed E-state index contributed by atoms with van der Waals surface area (Å²) in [7, 11) is 0. The number of nitrogens with one attached hydrogen (secondary N) is 2. The molecular weight excluding hydrogens is 566 g/mol. The highest BCUT2D eigenvalue weighted by molar-refractivity contribution is 7.17. The molecule has 0 bridgehead atoms. The summed E-state index contributed by atoms with van der Waals surface area (Å²) in [5, 5.41) is 7.98. The van der Waals surface area contributed by atoms with Crippen LogP contribution >= 0.6 is 11.3 Å². The molecule has 2 saturated heterocycles. The Kier molecular flexibility index (Phi) is 9.89. The number of aryl methyl sites for hydroxylation is 3. The molecule has 1 aromatic heterocycles. The number of piperidine rings is 2. The van der Waals surface area contributed by atoms with Crippen molar-refractivity contribution in [3.63, 3.8) is 0 Å². The molecule has 3 heterocycles. The van der Waals surface area contributed by atoms with E-state index in [0.717, 1.165) is 68.0 Å². The lowest BCUT2D eigenvalue weighted by Crippen LogP contribution is -2.46. The Morgan fingerprint density at radius 2 is 1.70 bits per heavy atom. The van der Waals surface area contributed by atoms with Gasteiger partial charge in [0.15, 0.2) is 0 Å². The van der Waals surface area contributed by atoms with E-state index in [2.05, 4.69) is 57.7 Å². The van der Waals surface area contributed by atoms with Gasteiger partial charge in [-0.3, -0.25) is 14.5 Å². The highest BCUT2D eigenvalue weighted by atomic mass is 32.1. The van der Waals surface area contributed by atoms with Crippen molar-refractivity contribution in [2.75, 3.05) is 31.5 Å². The summed E-state index contributed by atoms with van der Waals surface area (Å²) in [6.45, 7) is 9.71. The quantitative estimate of drug-likeness (QED) is 0.219. The van der Waals surface area contributed by atoms with E-state index in [1.165, 1.54) is 72.5 Å². The summed E-state index contributed by atoms with van der Waals surface area (Å²) in [5.74, 6) is -0.455. The van der Waals surface area contributed by atoms with E-state index in [9.17, 15) is 9.59 Å². The van der Waals surface area contributed by atoms with Crippen LogP contribution in [-0.4, -0.2) is 60.0 Å². The van der Waals surface area contributed by atoms with Gasteiger partial charge in [0.05, 0.1) is 11.8 Å². The minimum absolute atomic E-state index is 0.179. The van der Waals surface area contributed by atoms with Crippen molar-refractivity contribution >= 4 is 34.4 Å². The summed E-state index contributed by atoms with van der Waals surface area (Å²) in [5.41, 5.74) is 9.44. The molecule has 232 valence electrons. The average molecular weight is 612 g/mol. The number of fused-ring (bicyclic) bond motifs is 1. The van der Waals surface area contributed by atoms with Crippen LogP contribution in [0.3, 0.4) is 0 Å². The summed E-state index contributed by atoms with van der Waals surface area (Å²) in [4.78, 5) is 33.4. The van der Waals surface area contributed by atoms with Crippen LogP contribution in [0, 0.1) is 13.8 Å². The normalized spacial score (nSPS) is 18.3. The minimum atomic E-state index is -0.276. The Morgan fingerprint density at radius 3 is 2.50 bits per heavy atom. The number of likely N-dealkylation sites (tertiary alicyclic amines) is 2. The molecule has 0 atom stereocenters. The number of rotatable bonds is 8. The van der Waals surface area contributed by atoms with Gasteiger partial charge in [0.25, 0.3) is 11.8 Å². The third-order valence-electron chi connectivity index (χ3n) is 9.60.